The van der Waals surface area contributed by atoms with E-state index < -0.39 is 0 Å². The van der Waals surface area contributed by atoms with Crippen LogP contribution in [0.3, 0.4) is 0 Å². The second-order valence-electron chi connectivity index (χ2n) is 5.52. The molecular weight excluding hydrogens is 902 g/mol. The van der Waals surface area contributed by atoms with Crippen LogP contribution in [0.2, 0.25) is 10.0 Å². The minimum atomic E-state index is 0.208. The zero-order chi connectivity index (χ0) is 22.3. The summed E-state index contributed by atoms with van der Waals surface area (Å²) in [5.41, 5.74) is 0. The Labute approximate surface area is 235 Å². The van der Waals surface area contributed by atoms with Crippen LogP contribution in [-0.2, 0) is 0 Å². The standard InChI is InChI=1S/2C11H8ClNSe.I3/c2*12-10-7-4-8-13-11(10)14-9-5-2-1-3-6-9;1-3-2/h2*1-8H;/q;;-1/p+1. The molecule has 1 N–H and O–H groups in total. The van der Waals surface area contributed by atoms with Crippen LogP contribution in [0.15, 0.2) is 97.3 Å². The van der Waals surface area contributed by atoms with Crippen molar-refractivity contribution in [3.05, 3.63) is 107 Å². The predicted octanol–water partition coefficient (Wildman–Crippen LogP) is 0.974. The third-order valence-corrected chi connectivity index (χ3v) is 8.90. The van der Waals surface area contributed by atoms with Gasteiger partial charge in [0, 0.05) is 0 Å². The van der Waals surface area contributed by atoms with Gasteiger partial charge in [0.25, 0.3) is 0 Å². The number of benzene rings is 2. The molecule has 4 rings (SSSR count). The number of pyridine rings is 2. The monoisotopic (exact) mass is 920 g/mol. The summed E-state index contributed by atoms with van der Waals surface area (Å²) in [6, 6.07) is 28.2. The fourth-order valence-electron chi connectivity index (χ4n) is 2.13. The van der Waals surface area contributed by atoms with Crippen molar-refractivity contribution in [2.45, 2.75) is 0 Å². The molecule has 2 aromatic heterocycles. The van der Waals surface area contributed by atoms with Gasteiger partial charge in [0.05, 0.1) is 0 Å². The van der Waals surface area contributed by atoms with Gasteiger partial charge in [0.1, 0.15) is 0 Å². The number of H-pyrrole nitrogens is 1. The van der Waals surface area contributed by atoms with Crippen molar-refractivity contribution < 1.29 is 18.2 Å². The van der Waals surface area contributed by atoms with Crippen LogP contribution in [0.1, 0.15) is 0 Å². The molecule has 0 saturated heterocycles. The quantitative estimate of drug-likeness (QED) is 0.222. The molecule has 0 bridgehead atoms. The third kappa shape index (κ3) is 11.5. The van der Waals surface area contributed by atoms with E-state index in [1.54, 1.807) is 6.20 Å². The van der Waals surface area contributed by atoms with E-state index in [-0.39, 0.29) is 29.9 Å². The molecule has 2 aromatic carbocycles. The van der Waals surface area contributed by atoms with E-state index in [2.05, 4.69) is 71.5 Å². The van der Waals surface area contributed by atoms with Gasteiger partial charge in [-0.2, -0.15) is 0 Å². The zero-order valence-electron chi connectivity index (χ0n) is 15.9. The Kier molecular flexibility index (Phi) is 15.3. The van der Waals surface area contributed by atoms with Crippen LogP contribution in [0.25, 0.3) is 0 Å². The molecule has 0 unspecified atom stereocenters. The van der Waals surface area contributed by atoms with Gasteiger partial charge in [-0.1, -0.05) is 0 Å². The molecule has 0 radical (unpaired) electrons. The van der Waals surface area contributed by atoms with E-state index in [0.29, 0.717) is 13.3 Å². The normalized spacial score (nSPS) is 9.81. The van der Waals surface area contributed by atoms with Crippen molar-refractivity contribution in [3.63, 3.8) is 0 Å². The number of nitrogens with zero attached hydrogens (tertiary/aromatic N) is 1. The molecule has 31 heavy (non-hydrogen) atoms. The van der Waals surface area contributed by atoms with Crippen molar-refractivity contribution in [3.8, 4) is 0 Å². The van der Waals surface area contributed by atoms with E-state index in [1.165, 1.54) is 8.92 Å². The molecule has 0 amide bonds. The molecule has 162 valence electrons. The molecule has 0 aliphatic heterocycles. The average Bonchev–Trinajstić information content (AvgIpc) is 2.79. The predicted molar refractivity (Wildman–Crippen MR) is 148 cm³/mol. The summed E-state index contributed by atoms with van der Waals surface area (Å²) in [4.78, 5) is 7.45. The summed E-state index contributed by atoms with van der Waals surface area (Å²) >= 11 is 17.9. The number of hydrogen-bond acceptors (Lipinski definition) is 1. The minimum absolute atomic E-state index is 0.208. The molecule has 0 aliphatic rings. The van der Waals surface area contributed by atoms with Crippen LogP contribution in [-0.4, -0.2) is 34.9 Å². The summed E-state index contributed by atoms with van der Waals surface area (Å²) in [6.45, 7) is 0. The van der Waals surface area contributed by atoms with Gasteiger partial charge < -0.3 is 0 Å². The Bertz CT molecular complexity index is 946. The SMILES string of the molecule is Clc1ccc[nH+]c1[Se]c1ccccc1.Clc1cccnc1[Se]c1ccccc1.I[I-]I. The van der Waals surface area contributed by atoms with Crippen LogP contribution >= 0.6 is 60.4 Å². The van der Waals surface area contributed by atoms with Gasteiger partial charge in [0.15, 0.2) is 0 Å². The number of aromatic nitrogens is 2. The molecule has 2 heterocycles. The first kappa shape index (κ1) is 27.8. The first-order valence-corrected chi connectivity index (χ1v) is 25.5. The average molecular weight is 919 g/mol. The first-order valence-electron chi connectivity index (χ1n) is 8.73. The number of halogens is 5. The molecule has 0 aliphatic carbocycles. The molecule has 0 saturated carbocycles. The van der Waals surface area contributed by atoms with Gasteiger partial charge >= 0.3 is 239 Å². The van der Waals surface area contributed by atoms with E-state index in [0.717, 1.165) is 19.2 Å². The topological polar surface area (TPSA) is 27.0 Å². The molecule has 0 fully saturated rings. The van der Waals surface area contributed by atoms with Gasteiger partial charge in [-0.05, 0) is 0 Å². The van der Waals surface area contributed by atoms with Gasteiger partial charge in [-0.3, -0.25) is 0 Å². The Hall–Kier alpha value is 0.549. The van der Waals surface area contributed by atoms with Crippen molar-refractivity contribution in [2.75, 3.05) is 0 Å². The van der Waals surface area contributed by atoms with E-state index in [1.807, 2.05) is 66.9 Å². The fourth-order valence-corrected chi connectivity index (χ4v) is 6.17. The number of hydrogen-bond donors (Lipinski definition) is 0. The maximum absolute atomic E-state index is 6.06. The summed E-state index contributed by atoms with van der Waals surface area (Å²) < 4.78 is 4.73. The molecule has 4 aromatic rings. The van der Waals surface area contributed by atoms with E-state index in [4.69, 9.17) is 23.2 Å². The molecule has 9 heteroatoms. The molecule has 2 nitrogen and oxygen atoms in total. The number of nitrogens with one attached hydrogen (secondary N) is 1. The van der Waals surface area contributed by atoms with Crippen LogP contribution < -0.4 is 36.3 Å². The van der Waals surface area contributed by atoms with Crippen molar-refractivity contribution in [1.82, 2.24) is 4.98 Å². The zero-order valence-corrected chi connectivity index (χ0v) is 27.3. The Morgan fingerprint density at radius 2 is 1.26 bits per heavy atom. The van der Waals surface area contributed by atoms with Crippen molar-refractivity contribution >= 4 is 108 Å². The maximum atomic E-state index is 6.06. The summed E-state index contributed by atoms with van der Waals surface area (Å²) in [5, 5.41) is 1.58. The van der Waals surface area contributed by atoms with Crippen LogP contribution in [0, 0.1) is 0 Å². The Morgan fingerprint density at radius 3 is 1.81 bits per heavy atom. The van der Waals surface area contributed by atoms with Crippen LogP contribution in [0.4, 0.5) is 0 Å². The van der Waals surface area contributed by atoms with E-state index >= 15 is 0 Å². The first-order chi connectivity index (χ1) is 15.1. The van der Waals surface area contributed by atoms with Crippen molar-refractivity contribution in [2.24, 2.45) is 0 Å². The summed E-state index contributed by atoms with van der Waals surface area (Å²) in [7, 11) is 0. The molecular formula is C22H17Cl2I3N2Se2. The second-order valence-corrected chi connectivity index (χ2v) is 27.1. The van der Waals surface area contributed by atoms with E-state index in [9.17, 15) is 0 Å². The Balaban J connectivity index is 0.000000196. The van der Waals surface area contributed by atoms with Gasteiger partial charge in [-0.15, -0.1) is 0 Å². The molecule has 0 spiro atoms. The summed E-state index contributed by atoms with van der Waals surface area (Å²) in [6.07, 6.45) is 3.69. The summed E-state index contributed by atoms with van der Waals surface area (Å²) in [5.74, 6) is 0. The second kappa shape index (κ2) is 17.1. The fraction of sp³-hybridized carbons (Fsp3) is 0. The van der Waals surface area contributed by atoms with Gasteiger partial charge in [-0.25, -0.2) is 0 Å². The molecule has 0 atom stereocenters. The third-order valence-electron chi connectivity index (χ3n) is 3.42. The van der Waals surface area contributed by atoms with Crippen LogP contribution in [0.5, 0.6) is 0 Å². The number of rotatable bonds is 4. The van der Waals surface area contributed by atoms with Crippen molar-refractivity contribution in [1.29, 1.82) is 0 Å². The number of aromatic amines is 1. The Morgan fingerprint density at radius 1 is 0.710 bits per heavy atom. The van der Waals surface area contributed by atoms with Gasteiger partial charge in [0.2, 0.25) is 0 Å².